The van der Waals surface area contributed by atoms with Crippen molar-refractivity contribution in [3.63, 3.8) is 0 Å². The Labute approximate surface area is 408 Å². The summed E-state index contributed by atoms with van der Waals surface area (Å²) in [6, 6.07) is -0.740. The zero-order valence-corrected chi connectivity index (χ0v) is 43.3. The SMILES string of the molecule is CCCCC/C=C\C/C=C\C/C=C\C/C=C\CC(CC(=O)NC(CO)C(O)CCCCCCCCCCCCCCCC)OC(=O)CCCCCCC/C=C/C=C/C=C/CCCCCCC. The number of allylic oxidation sites excluding steroid dienone is 13. The molecule has 6 heteroatoms. The van der Waals surface area contributed by atoms with Crippen molar-refractivity contribution in [1.29, 1.82) is 0 Å². The molecule has 0 aliphatic heterocycles. The molecule has 3 atom stereocenters. The minimum atomic E-state index is -0.819. The van der Waals surface area contributed by atoms with Gasteiger partial charge in [0.2, 0.25) is 5.91 Å². The largest absolute Gasteiger partial charge is 0.461 e. The van der Waals surface area contributed by atoms with Crippen molar-refractivity contribution in [2.45, 2.75) is 277 Å². The number of esters is 1. The number of carbonyl (C=O) groups excluding carboxylic acids is 2. The van der Waals surface area contributed by atoms with Crippen LogP contribution in [0, 0.1) is 0 Å². The fourth-order valence-corrected chi connectivity index (χ4v) is 8.00. The number of unbranched alkanes of at least 4 members (excludes halogenated alkanes) is 26. The minimum absolute atomic E-state index is 0.00996. The van der Waals surface area contributed by atoms with E-state index >= 15 is 0 Å². The van der Waals surface area contributed by atoms with E-state index in [0.29, 0.717) is 19.3 Å². The third-order valence-corrected chi connectivity index (χ3v) is 12.3. The molecule has 0 aromatic carbocycles. The second-order valence-corrected chi connectivity index (χ2v) is 18.7. The molecule has 66 heavy (non-hydrogen) atoms. The predicted octanol–water partition coefficient (Wildman–Crippen LogP) is 17.1. The van der Waals surface area contributed by atoms with E-state index in [4.69, 9.17) is 4.74 Å². The molecule has 3 unspecified atom stereocenters. The van der Waals surface area contributed by atoms with Crippen LogP contribution in [0.15, 0.2) is 85.1 Å². The predicted molar refractivity (Wildman–Crippen MR) is 287 cm³/mol. The number of carbonyl (C=O) groups is 2. The molecule has 0 spiro atoms. The summed E-state index contributed by atoms with van der Waals surface area (Å²) >= 11 is 0. The monoisotopic (exact) mass is 920 g/mol. The molecule has 0 aliphatic rings. The van der Waals surface area contributed by atoms with Crippen LogP contribution in [0.1, 0.15) is 258 Å². The van der Waals surface area contributed by atoms with Gasteiger partial charge in [0.05, 0.1) is 25.2 Å². The van der Waals surface area contributed by atoms with E-state index in [1.165, 1.54) is 128 Å². The van der Waals surface area contributed by atoms with E-state index in [0.717, 1.165) is 83.5 Å². The molecule has 0 saturated carbocycles. The zero-order valence-electron chi connectivity index (χ0n) is 43.3. The van der Waals surface area contributed by atoms with Crippen molar-refractivity contribution >= 4 is 11.9 Å². The fraction of sp³-hybridized carbons (Fsp3) is 0.733. The van der Waals surface area contributed by atoms with Crippen molar-refractivity contribution in [2.24, 2.45) is 0 Å². The van der Waals surface area contributed by atoms with Gasteiger partial charge in [0.1, 0.15) is 6.10 Å². The lowest BCUT2D eigenvalue weighted by Gasteiger charge is -2.24. The Hall–Kier alpha value is -2.96. The first-order chi connectivity index (χ1) is 32.5. The fourth-order valence-electron chi connectivity index (χ4n) is 8.00. The molecule has 0 bridgehead atoms. The Morgan fingerprint density at radius 3 is 1.36 bits per heavy atom. The van der Waals surface area contributed by atoms with Crippen LogP contribution in [0.5, 0.6) is 0 Å². The smallest absolute Gasteiger partial charge is 0.306 e. The Bertz CT molecular complexity index is 1260. The van der Waals surface area contributed by atoms with Gasteiger partial charge in [-0.15, -0.1) is 0 Å². The molecule has 0 heterocycles. The topological polar surface area (TPSA) is 95.9 Å². The van der Waals surface area contributed by atoms with Crippen LogP contribution in [-0.2, 0) is 14.3 Å². The second kappa shape index (κ2) is 53.0. The molecule has 0 rings (SSSR count). The molecule has 6 nitrogen and oxygen atoms in total. The van der Waals surface area contributed by atoms with E-state index in [9.17, 15) is 19.8 Å². The molecule has 3 N–H and O–H groups in total. The van der Waals surface area contributed by atoms with Gasteiger partial charge in [-0.05, 0) is 70.6 Å². The minimum Gasteiger partial charge on any atom is -0.461 e. The van der Waals surface area contributed by atoms with Gasteiger partial charge >= 0.3 is 5.97 Å². The molecule has 0 saturated heterocycles. The van der Waals surface area contributed by atoms with Crippen LogP contribution in [0.25, 0.3) is 0 Å². The average Bonchev–Trinajstić information content (AvgIpc) is 3.31. The summed E-state index contributed by atoms with van der Waals surface area (Å²) in [4.78, 5) is 26.2. The molecule has 0 fully saturated rings. The van der Waals surface area contributed by atoms with Crippen LogP contribution in [-0.4, -0.2) is 46.9 Å². The average molecular weight is 921 g/mol. The van der Waals surface area contributed by atoms with Gasteiger partial charge in [0.15, 0.2) is 0 Å². The number of aliphatic hydroxyl groups is 2. The molecule has 380 valence electrons. The molecule has 0 aliphatic carbocycles. The van der Waals surface area contributed by atoms with Gasteiger partial charge in [-0.2, -0.15) is 0 Å². The maximum atomic E-state index is 13.2. The highest BCUT2D eigenvalue weighted by Gasteiger charge is 2.23. The third kappa shape index (κ3) is 47.5. The third-order valence-electron chi connectivity index (χ3n) is 12.3. The van der Waals surface area contributed by atoms with Crippen LogP contribution in [0.4, 0.5) is 0 Å². The van der Waals surface area contributed by atoms with E-state index in [1.807, 2.05) is 6.08 Å². The van der Waals surface area contributed by atoms with E-state index in [2.05, 4.69) is 105 Å². The molecule has 1 amide bonds. The van der Waals surface area contributed by atoms with Gasteiger partial charge in [-0.25, -0.2) is 0 Å². The van der Waals surface area contributed by atoms with Gasteiger partial charge in [0.25, 0.3) is 0 Å². The van der Waals surface area contributed by atoms with E-state index < -0.39 is 18.2 Å². The normalized spacial score (nSPS) is 13.8. The summed E-state index contributed by atoms with van der Waals surface area (Å²) in [5.41, 5.74) is 0. The standard InChI is InChI=1S/C60H105NO5/c1-4-7-10-13-16-19-22-25-28-29-30-32-35-38-41-44-47-50-53-60(65)66-56(51-48-45-42-39-36-33-31-26-23-20-17-14-11-8-5-2)54-59(64)61-57(55-62)58(63)52-49-46-43-40-37-34-27-24-21-18-15-12-9-6-3/h17,20,22,25-26,28-32,36,39,45,48,56-58,62-63H,4-16,18-19,21,23-24,27,33-35,37-38,40-44,46-47,49-55H2,1-3H3,(H,61,64)/b20-17-,25-22+,29-28+,31-26-,32-30+,39-36-,48-45-. The first kappa shape index (κ1) is 63.0. The quantitative estimate of drug-likeness (QED) is 0.0245. The lowest BCUT2D eigenvalue weighted by atomic mass is 10.0. The number of hydrogen-bond donors (Lipinski definition) is 3. The van der Waals surface area contributed by atoms with Crippen LogP contribution < -0.4 is 5.32 Å². The Morgan fingerprint density at radius 2 is 0.864 bits per heavy atom. The molecular weight excluding hydrogens is 815 g/mol. The number of nitrogens with one attached hydrogen (secondary N) is 1. The number of hydrogen-bond acceptors (Lipinski definition) is 5. The van der Waals surface area contributed by atoms with Gasteiger partial charge < -0.3 is 20.3 Å². The summed E-state index contributed by atoms with van der Waals surface area (Å²) in [5.74, 6) is -0.600. The van der Waals surface area contributed by atoms with Gasteiger partial charge in [-0.1, -0.05) is 254 Å². The number of amides is 1. The lowest BCUT2D eigenvalue weighted by molar-refractivity contribution is -0.150. The lowest BCUT2D eigenvalue weighted by Crippen LogP contribution is -2.46. The van der Waals surface area contributed by atoms with Crippen LogP contribution in [0.2, 0.25) is 0 Å². The maximum absolute atomic E-state index is 13.2. The first-order valence-electron chi connectivity index (χ1n) is 27.8. The van der Waals surface area contributed by atoms with Crippen molar-refractivity contribution < 1.29 is 24.5 Å². The summed E-state index contributed by atoms with van der Waals surface area (Å²) < 4.78 is 5.88. The van der Waals surface area contributed by atoms with Crippen LogP contribution in [0.3, 0.4) is 0 Å². The highest BCUT2D eigenvalue weighted by atomic mass is 16.5. The van der Waals surface area contributed by atoms with E-state index in [-0.39, 0.29) is 24.9 Å². The maximum Gasteiger partial charge on any atom is 0.306 e. The molecule has 0 aromatic rings. The van der Waals surface area contributed by atoms with E-state index in [1.54, 1.807) is 0 Å². The summed E-state index contributed by atoms with van der Waals surface area (Å²) in [6.07, 6.45) is 69.4. The highest BCUT2D eigenvalue weighted by molar-refractivity contribution is 5.77. The van der Waals surface area contributed by atoms with Crippen molar-refractivity contribution in [1.82, 2.24) is 5.32 Å². The number of aliphatic hydroxyl groups excluding tert-OH is 2. The van der Waals surface area contributed by atoms with Crippen LogP contribution >= 0.6 is 0 Å². The summed E-state index contributed by atoms with van der Waals surface area (Å²) in [6.45, 7) is 6.42. The Kier molecular flexibility index (Phi) is 50.6. The Balaban J connectivity index is 4.73. The van der Waals surface area contributed by atoms with Gasteiger partial charge in [-0.3, -0.25) is 9.59 Å². The van der Waals surface area contributed by atoms with Crippen molar-refractivity contribution in [3.05, 3.63) is 85.1 Å². The zero-order chi connectivity index (χ0) is 48.1. The van der Waals surface area contributed by atoms with Crippen molar-refractivity contribution in [3.8, 4) is 0 Å². The second-order valence-electron chi connectivity index (χ2n) is 18.7. The summed E-state index contributed by atoms with van der Waals surface area (Å²) in [5, 5.41) is 23.8. The Morgan fingerprint density at radius 1 is 0.470 bits per heavy atom. The van der Waals surface area contributed by atoms with Gasteiger partial charge in [0, 0.05) is 12.8 Å². The van der Waals surface area contributed by atoms with Crippen molar-refractivity contribution in [2.75, 3.05) is 6.61 Å². The molecular formula is C60H105NO5. The number of ether oxygens (including phenoxy) is 1. The summed E-state index contributed by atoms with van der Waals surface area (Å²) in [7, 11) is 0. The molecule has 0 radical (unpaired) electrons. The number of rotatable bonds is 49. The highest BCUT2D eigenvalue weighted by Crippen LogP contribution is 2.16. The molecule has 0 aromatic heterocycles. The first-order valence-corrected chi connectivity index (χ1v) is 27.8.